The maximum atomic E-state index is 13.5. The van der Waals surface area contributed by atoms with E-state index in [1.54, 1.807) is 0 Å². The molecule has 0 bridgehead atoms. The van der Waals surface area contributed by atoms with Gasteiger partial charge in [0.25, 0.3) is 5.91 Å². The molecule has 1 fully saturated rings. The molecule has 0 saturated carbocycles. The standard InChI is InChI=1S/C44H45N5O2/c1-33-25-28-48(29-26-33)41-32-34(2)18-23-40(41)43(50)46-38-19-21-39(22-20-38)51-31-30-49-42(24-27-45-49)47-44(35-12-6-3-7-13-35,36-14-8-4-9-15-36)37-16-10-5-11-17-37/h3-24,27,32-33,47H,25-26,28-31H2,1-2H3,(H,46,50). The van der Waals surface area contributed by atoms with E-state index in [0.29, 0.717) is 18.7 Å². The van der Waals surface area contributed by atoms with E-state index in [0.717, 1.165) is 77.0 Å². The summed E-state index contributed by atoms with van der Waals surface area (Å²) in [5, 5.41) is 11.7. The number of nitrogens with one attached hydrogen (secondary N) is 2. The summed E-state index contributed by atoms with van der Waals surface area (Å²) in [7, 11) is 0. The molecule has 7 heteroatoms. The van der Waals surface area contributed by atoms with Gasteiger partial charge in [-0.15, -0.1) is 0 Å². The number of hydrogen-bond donors (Lipinski definition) is 2. The average molecular weight is 676 g/mol. The second-order valence-electron chi connectivity index (χ2n) is 13.4. The van der Waals surface area contributed by atoms with Gasteiger partial charge in [0.2, 0.25) is 0 Å². The number of anilines is 3. The molecule has 7 rings (SSSR count). The van der Waals surface area contributed by atoms with Crippen LogP contribution in [0, 0.1) is 12.8 Å². The predicted octanol–water partition coefficient (Wildman–Crippen LogP) is 9.16. The van der Waals surface area contributed by atoms with Crippen molar-refractivity contribution in [3.63, 3.8) is 0 Å². The number of rotatable bonds is 12. The van der Waals surface area contributed by atoms with Crippen LogP contribution in [0.15, 0.2) is 146 Å². The highest BCUT2D eigenvalue weighted by atomic mass is 16.5. The van der Waals surface area contributed by atoms with Crippen molar-refractivity contribution < 1.29 is 9.53 Å². The average Bonchev–Trinajstić information content (AvgIpc) is 3.62. The van der Waals surface area contributed by atoms with Crippen molar-refractivity contribution in [1.29, 1.82) is 0 Å². The van der Waals surface area contributed by atoms with Gasteiger partial charge < -0.3 is 20.3 Å². The van der Waals surface area contributed by atoms with Crippen molar-refractivity contribution in [2.24, 2.45) is 5.92 Å². The van der Waals surface area contributed by atoms with E-state index in [9.17, 15) is 4.79 Å². The quantitative estimate of drug-likeness (QED) is 0.127. The molecule has 7 nitrogen and oxygen atoms in total. The lowest BCUT2D eigenvalue weighted by molar-refractivity contribution is 0.102. The molecule has 0 spiro atoms. The minimum absolute atomic E-state index is 0.103. The Bertz CT molecular complexity index is 1920. The van der Waals surface area contributed by atoms with E-state index in [-0.39, 0.29) is 5.91 Å². The van der Waals surface area contributed by atoms with Crippen molar-refractivity contribution in [2.45, 2.75) is 38.8 Å². The molecule has 1 aromatic heterocycles. The summed E-state index contributed by atoms with van der Waals surface area (Å²) in [5.74, 6) is 2.22. The highest BCUT2D eigenvalue weighted by Crippen LogP contribution is 2.40. The fraction of sp³-hybridized carbons (Fsp3) is 0.227. The van der Waals surface area contributed by atoms with Crippen molar-refractivity contribution in [3.8, 4) is 5.75 Å². The number of aromatic nitrogens is 2. The minimum atomic E-state index is -0.658. The Hall–Kier alpha value is -5.82. The maximum Gasteiger partial charge on any atom is 0.257 e. The molecule has 6 aromatic rings. The Labute approximate surface area is 300 Å². The zero-order valence-electron chi connectivity index (χ0n) is 29.3. The Balaban J connectivity index is 1.03. The maximum absolute atomic E-state index is 13.5. The number of benzene rings is 5. The topological polar surface area (TPSA) is 71.4 Å². The summed E-state index contributed by atoms with van der Waals surface area (Å²) < 4.78 is 8.12. The molecule has 0 atom stereocenters. The summed E-state index contributed by atoms with van der Waals surface area (Å²) in [6, 6.07) is 47.2. The highest BCUT2D eigenvalue weighted by Gasteiger charge is 2.37. The van der Waals surface area contributed by atoms with Gasteiger partial charge >= 0.3 is 0 Å². The molecule has 0 aliphatic carbocycles. The van der Waals surface area contributed by atoms with E-state index in [2.05, 4.69) is 113 Å². The van der Waals surface area contributed by atoms with Gasteiger partial charge in [0.1, 0.15) is 23.7 Å². The van der Waals surface area contributed by atoms with Crippen LogP contribution in [-0.4, -0.2) is 35.4 Å². The van der Waals surface area contributed by atoms with Crippen LogP contribution in [0.4, 0.5) is 17.2 Å². The van der Waals surface area contributed by atoms with Gasteiger partial charge in [-0.1, -0.05) is 104 Å². The first-order valence-corrected chi connectivity index (χ1v) is 17.9. The van der Waals surface area contributed by atoms with Crippen LogP contribution in [-0.2, 0) is 12.1 Å². The molecule has 0 radical (unpaired) electrons. The van der Waals surface area contributed by atoms with Crippen LogP contribution in [0.5, 0.6) is 5.75 Å². The second kappa shape index (κ2) is 15.4. The van der Waals surface area contributed by atoms with E-state index in [4.69, 9.17) is 4.74 Å². The van der Waals surface area contributed by atoms with Gasteiger partial charge in [-0.05, 0) is 84.3 Å². The van der Waals surface area contributed by atoms with E-state index < -0.39 is 5.54 Å². The molecule has 51 heavy (non-hydrogen) atoms. The van der Waals surface area contributed by atoms with Crippen LogP contribution in [0.2, 0.25) is 0 Å². The first-order chi connectivity index (χ1) is 25.0. The summed E-state index contributed by atoms with van der Waals surface area (Å²) in [6.07, 6.45) is 4.10. The lowest BCUT2D eigenvalue weighted by Crippen LogP contribution is -2.39. The number of hydrogen-bond acceptors (Lipinski definition) is 5. The Morgan fingerprint density at radius 1 is 0.784 bits per heavy atom. The van der Waals surface area contributed by atoms with Crippen LogP contribution < -0.4 is 20.3 Å². The Morgan fingerprint density at radius 3 is 1.96 bits per heavy atom. The van der Waals surface area contributed by atoms with Gasteiger partial charge in [-0.2, -0.15) is 5.10 Å². The molecule has 5 aromatic carbocycles. The lowest BCUT2D eigenvalue weighted by atomic mass is 9.77. The molecule has 1 amide bonds. The lowest BCUT2D eigenvalue weighted by Gasteiger charge is -2.37. The van der Waals surface area contributed by atoms with Crippen LogP contribution in [0.3, 0.4) is 0 Å². The van der Waals surface area contributed by atoms with Crippen LogP contribution >= 0.6 is 0 Å². The summed E-state index contributed by atoms with van der Waals surface area (Å²) in [6.45, 7) is 7.28. The van der Waals surface area contributed by atoms with E-state index >= 15 is 0 Å². The normalized spacial score (nSPS) is 13.5. The first-order valence-electron chi connectivity index (χ1n) is 17.9. The van der Waals surface area contributed by atoms with Gasteiger partial charge in [-0.25, -0.2) is 4.68 Å². The van der Waals surface area contributed by atoms with Crippen molar-refractivity contribution in [1.82, 2.24) is 9.78 Å². The van der Waals surface area contributed by atoms with Crippen molar-refractivity contribution in [2.75, 3.05) is 35.2 Å². The van der Waals surface area contributed by atoms with Crippen LogP contribution in [0.1, 0.15) is 52.4 Å². The molecular formula is C44H45N5O2. The van der Waals surface area contributed by atoms with Gasteiger partial charge in [-0.3, -0.25) is 4.79 Å². The van der Waals surface area contributed by atoms with Crippen molar-refractivity contribution in [3.05, 3.63) is 174 Å². The number of amides is 1. The fourth-order valence-electron chi connectivity index (χ4n) is 7.02. The number of ether oxygens (including phenoxy) is 1. The smallest absolute Gasteiger partial charge is 0.257 e. The molecule has 1 aliphatic rings. The molecule has 1 aliphatic heterocycles. The summed E-state index contributed by atoms with van der Waals surface area (Å²) in [4.78, 5) is 15.8. The minimum Gasteiger partial charge on any atom is -0.492 e. The number of carbonyl (C=O) groups excluding carboxylic acids is 1. The largest absolute Gasteiger partial charge is 0.492 e. The van der Waals surface area contributed by atoms with Gasteiger partial charge in [0, 0.05) is 30.5 Å². The monoisotopic (exact) mass is 675 g/mol. The zero-order chi connectivity index (χ0) is 35.0. The zero-order valence-corrected chi connectivity index (χ0v) is 29.3. The molecule has 1 saturated heterocycles. The molecule has 2 N–H and O–H groups in total. The third kappa shape index (κ3) is 7.53. The highest BCUT2D eigenvalue weighted by molar-refractivity contribution is 6.08. The molecule has 258 valence electrons. The summed E-state index contributed by atoms with van der Waals surface area (Å²) in [5.41, 5.74) is 6.31. The molecular weight excluding hydrogens is 631 g/mol. The Morgan fingerprint density at radius 2 is 1.37 bits per heavy atom. The summed E-state index contributed by atoms with van der Waals surface area (Å²) >= 11 is 0. The van der Waals surface area contributed by atoms with E-state index in [1.165, 1.54) is 0 Å². The van der Waals surface area contributed by atoms with Crippen LogP contribution in [0.25, 0.3) is 0 Å². The number of carbonyl (C=O) groups is 1. The molecule has 2 heterocycles. The second-order valence-corrected chi connectivity index (χ2v) is 13.4. The van der Waals surface area contributed by atoms with Crippen molar-refractivity contribution >= 4 is 23.1 Å². The fourth-order valence-corrected chi connectivity index (χ4v) is 7.02. The van der Waals surface area contributed by atoms with Gasteiger partial charge in [0.15, 0.2) is 0 Å². The molecule has 0 unspecified atom stereocenters. The SMILES string of the molecule is Cc1ccc(C(=O)Nc2ccc(OCCn3nccc3NC(c3ccccc3)(c3ccccc3)c3ccccc3)cc2)c(N2CCC(C)CC2)c1. The number of nitrogens with zero attached hydrogens (tertiary/aromatic N) is 3. The van der Waals surface area contributed by atoms with E-state index in [1.807, 2.05) is 71.5 Å². The number of aryl methyl sites for hydroxylation is 1. The first kappa shape index (κ1) is 33.7. The number of piperidine rings is 1. The third-order valence-corrected chi connectivity index (χ3v) is 9.86. The third-order valence-electron chi connectivity index (χ3n) is 9.86. The predicted molar refractivity (Wildman–Crippen MR) is 207 cm³/mol. The Kier molecular flexibility index (Phi) is 10.2. The van der Waals surface area contributed by atoms with Gasteiger partial charge in [0.05, 0.1) is 18.3 Å².